The molecule has 0 aliphatic rings. The molecule has 2 N–H and O–H groups in total. The van der Waals surface area contributed by atoms with E-state index < -0.39 is 17.8 Å². The van der Waals surface area contributed by atoms with Gasteiger partial charge in [0, 0.05) is 30.5 Å². The zero-order chi connectivity index (χ0) is 24.6. The SMILES string of the molecule is Cn1ccc2ncnc(Oc3ccc(NC(=O)Nc4cccc(C(F)(F)F)c4)c4cccnc34)c21. The molecule has 176 valence electrons. The fraction of sp³-hybridized carbons (Fsp3) is 0.0833. The number of ether oxygens (including phenoxy) is 1. The van der Waals surface area contributed by atoms with E-state index in [2.05, 4.69) is 25.6 Å². The molecule has 0 radical (unpaired) electrons. The molecule has 0 bridgehead atoms. The molecule has 0 saturated carbocycles. The summed E-state index contributed by atoms with van der Waals surface area (Å²) in [5, 5.41) is 5.66. The lowest BCUT2D eigenvalue weighted by Gasteiger charge is -2.14. The molecule has 0 aliphatic carbocycles. The van der Waals surface area contributed by atoms with E-state index in [9.17, 15) is 18.0 Å². The fourth-order valence-electron chi connectivity index (χ4n) is 3.66. The largest absolute Gasteiger partial charge is 0.435 e. The van der Waals surface area contributed by atoms with Gasteiger partial charge in [-0.05, 0) is 48.5 Å². The van der Waals surface area contributed by atoms with Crippen LogP contribution in [-0.2, 0) is 13.2 Å². The van der Waals surface area contributed by atoms with Crippen molar-refractivity contribution < 1.29 is 22.7 Å². The molecule has 0 fully saturated rings. The molecule has 3 heterocycles. The molecule has 0 aliphatic heterocycles. The highest BCUT2D eigenvalue weighted by Gasteiger charge is 2.30. The van der Waals surface area contributed by atoms with Gasteiger partial charge in [0.1, 0.15) is 17.4 Å². The Bertz CT molecular complexity index is 1560. The van der Waals surface area contributed by atoms with Gasteiger partial charge >= 0.3 is 12.2 Å². The lowest BCUT2D eigenvalue weighted by atomic mass is 10.1. The van der Waals surface area contributed by atoms with Gasteiger partial charge in [-0.2, -0.15) is 18.2 Å². The van der Waals surface area contributed by atoms with Gasteiger partial charge in [0.15, 0.2) is 5.75 Å². The number of rotatable bonds is 4. The number of pyridine rings is 1. The number of nitrogens with one attached hydrogen (secondary N) is 2. The lowest BCUT2D eigenvalue weighted by Crippen LogP contribution is -2.20. The minimum absolute atomic E-state index is 0.00931. The van der Waals surface area contributed by atoms with Crippen LogP contribution in [0, 0.1) is 0 Å². The summed E-state index contributed by atoms with van der Waals surface area (Å²) in [4.78, 5) is 25.4. The van der Waals surface area contributed by atoms with Crippen molar-refractivity contribution in [1.82, 2.24) is 19.5 Å². The number of alkyl halides is 3. The molecule has 2 aromatic carbocycles. The van der Waals surface area contributed by atoms with E-state index in [0.717, 1.165) is 17.6 Å². The zero-order valence-electron chi connectivity index (χ0n) is 18.2. The van der Waals surface area contributed by atoms with Crippen molar-refractivity contribution in [2.75, 3.05) is 10.6 Å². The normalized spacial score (nSPS) is 11.5. The monoisotopic (exact) mass is 478 g/mol. The van der Waals surface area contributed by atoms with Crippen molar-refractivity contribution in [3.05, 3.63) is 78.9 Å². The summed E-state index contributed by atoms with van der Waals surface area (Å²) < 4.78 is 46.8. The maximum absolute atomic E-state index is 13.0. The number of anilines is 2. The zero-order valence-corrected chi connectivity index (χ0v) is 18.2. The summed E-state index contributed by atoms with van der Waals surface area (Å²) in [6.45, 7) is 0. The third-order valence-corrected chi connectivity index (χ3v) is 5.26. The first-order chi connectivity index (χ1) is 16.8. The predicted octanol–water partition coefficient (Wildman–Crippen LogP) is 5.97. The van der Waals surface area contributed by atoms with Gasteiger partial charge < -0.3 is 19.9 Å². The van der Waals surface area contributed by atoms with Gasteiger partial charge in [0.2, 0.25) is 5.88 Å². The second-order valence-electron chi connectivity index (χ2n) is 7.61. The molecule has 8 nitrogen and oxygen atoms in total. The minimum atomic E-state index is -4.51. The fourth-order valence-corrected chi connectivity index (χ4v) is 3.66. The van der Waals surface area contributed by atoms with E-state index in [0.29, 0.717) is 33.7 Å². The average molecular weight is 478 g/mol. The van der Waals surface area contributed by atoms with Crippen LogP contribution in [0.4, 0.5) is 29.3 Å². The Balaban J connectivity index is 1.42. The second kappa shape index (κ2) is 8.60. The molecule has 0 spiro atoms. The third kappa shape index (κ3) is 4.43. The number of urea groups is 1. The number of hydrogen-bond donors (Lipinski definition) is 2. The van der Waals surface area contributed by atoms with E-state index in [1.54, 1.807) is 30.5 Å². The molecule has 11 heteroatoms. The number of aryl methyl sites for hydroxylation is 1. The summed E-state index contributed by atoms with van der Waals surface area (Å²) in [5.74, 6) is 0.753. The Kier molecular flexibility index (Phi) is 5.44. The van der Waals surface area contributed by atoms with E-state index in [1.807, 2.05) is 23.9 Å². The molecule has 0 saturated heterocycles. The quantitative estimate of drug-likeness (QED) is 0.332. The topological polar surface area (TPSA) is 94.0 Å². The number of carbonyl (C=O) groups excluding carboxylic acids is 1. The number of nitrogens with zero attached hydrogens (tertiary/aromatic N) is 4. The maximum atomic E-state index is 13.0. The number of aromatic nitrogens is 4. The molecule has 35 heavy (non-hydrogen) atoms. The first-order valence-electron chi connectivity index (χ1n) is 10.4. The summed E-state index contributed by atoms with van der Waals surface area (Å²) in [5.41, 5.74) is 1.44. The van der Waals surface area contributed by atoms with Crippen LogP contribution >= 0.6 is 0 Å². The van der Waals surface area contributed by atoms with Crippen LogP contribution in [0.5, 0.6) is 11.6 Å². The van der Waals surface area contributed by atoms with Crippen molar-refractivity contribution in [3.8, 4) is 11.6 Å². The van der Waals surface area contributed by atoms with Crippen LogP contribution in [0.15, 0.2) is 73.3 Å². The Morgan fingerprint density at radius 1 is 1.00 bits per heavy atom. The van der Waals surface area contributed by atoms with Crippen LogP contribution in [0.2, 0.25) is 0 Å². The van der Waals surface area contributed by atoms with Crippen molar-refractivity contribution in [2.45, 2.75) is 6.18 Å². The van der Waals surface area contributed by atoms with E-state index >= 15 is 0 Å². The van der Waals surface area contributed by atoms with Gasteiger partial charge in [-0.15, -0.1) is 0 Å². The van der Waals surface area contributed by atoms with E-state index in [-0.39, 0.29) is 5.69 Å². The first kappa shape index (κ1) is 22.1. The highest BCUT2D eigenvalue weighted by atomic mass is 19.4. The van der Waals surface area contributed by atoms with Crippen molar-refractivity contribution >= 4 is 39.3 Å². The van der Waals surface area contributed by atoms with Gasteiger partial charge in [0.25, 0.3) is 0 Å². The van der Waals surface area contributed by atoms with Crippen LogP contribution in [0.1, 0.15) is 5.56 Å². The molecule has 5 rings (SSSR count). The number of fused-ring (bicyclic) bond motifs is 2. The maximum Gasteiger partial charge on any atom is 0.416 e. The Morgan fingerprint density at radius 3 is 2.69 bits per heavy atom. The third-order valence-electron chi connectivity index (χ3n) is 5.26. The number of benzene rings is 2. The summed E-state index contributed by atoms with van der Waals surface area (Å²) >= 11 is 0. The first-order valence-corrected chi connectivity index (χ1v) is 10.4. The molecular formula is C24H17F3N6O2. The molecule has 3 aromatic heterocycles. The Hall–Kier alpha value is -4.67. The highest BCUT2D eigenvalue weighted by Crippen LogP contribution is 2.35. The van der Waals surface area contributed by atoms with Gasteiger partial charge in [0.05, 0.1) is 16.8 Å². The second-order valence-corrected chi connectivity index (χ2v) is 7.61. The van der Waals surface area contributed by atoms with Crippen LogP contribution < -0.4 is 15.4 Å². The number of hydrogen-bond acceptors (Lipinski definition) is 5. The minimum Gasteiger partial charge on any atom is -0.435 e. The number of halogens is 3. The van der Waals surface area contributed by atoms with Gasteiger partial charge in [-0.3, -0.25) is 4.98 Å². The molecule has 0 atom stereocenters. The van der Waals surface area contributed by atoms with E-state index in [4.69, 9.17) is 4.74 Å². The molecular weight excluding hydrogens is 461 g/mol. The molecule has 0 unspecified atom stereocenters. The average Bonchev–Trinajstić information content (AvgIpc) is 3.22. The lowest BCUT2D eigenvalue weighted by molar-refractivity contribution is -0.137. The predicted molar refractivity (Wildman–Crippen MR) is 124 cm³/mol. The van der Waals surface area contributed by atoms with Crippen LogP contribution in [0.3, 0.4) is 0 Å². The summed E-state index contributed by atoms with van der Waals surface area (Å²) in [7, 11) is 1.85. The standard InChI is InChI=1S/C24H17F3N6O2/c1-33-11-9-18-21(33)22(30-13-29-18)35-19-8-7-17(16-6-3-10-28-20(16)19)32-23(34)31-15-5-2-4-14(12-15)24(25,26)27/h2-13H,1H3,(H2,31,32,34). The summed E-state index contributed by atoms with van der Waals surface area (Å²) in [6.07, 6.45) is 0.320. The summed E-state index contributed by atoms with van der Waals surface area (Å²) in [6, 6.07) is 12.2. The number of carbonyl (C=O) groups is 1. The Morgan fingerprint density at radius 2 is 1.86 bits per heavy atom. The van der Waals surface area contributed by atoms with E-state index in [1.165, 1.54) is 18.5 Å². The van der Waals surface area contributed by atoms with Gasteiger partial charge in [-0.25, -0.2) is 9.78 Å². The highest BCUT2D eigenvalue weighted by molar-refractivity contribution is 6.06. The smallest absolute Gasteiger partial charge is 0.416 e. The van der Waals surface area contributed by atoms with Crippen molar-refractivity contribution in [2.24, 2.45) is 7.05 Å². The number of amides is 2. The van der Waals surface area contributed by atoms with Crippen LogP contribution in [-0.4, -0.2) is 25.6 Å². The van der Waals surface area contributed by atoms with Crippen LogP contribution in [0.25, 0.3) is 21.9 Å². The van der Waals surface area contributed by atoms with Gasteiger partial charge in [-0.1, -0.05) is 6.07 Å². The van der Waals surface area contributed by atoms with Crippen molar-refractivity contribution in [1.29, 1.82) is 0 Å². The molecule has 5 aromatic rings. The molecule has 2 amide bonds. The Labute approximate surface area is 196 Å². The van der Waals surface area contributed by atoms with Crippen molar-refractivity contribution in [3.63, 3.8) is 0 Å².